The summed E-state index contributed by atoms with van der Waals surface area (Å²) in [7, 11) is 1.34. The Morgan fingerprint density at radius 3 is 2.45 bits per heavy atom. The lowest BCUT2D eigenvalue weighted by molar-refractivity contribution is -0.247. The van der Waals surface area contributed by atoms with Crippen molar-refractivity contribution in [3.63, 3.8) is 0 Å². The third kappa shape index (κ3) is 3.81. The number of benzene rings is 2. The van der Waals surface area contributed by atoms with Gasteiger partial charge in [-0.3, -0.25) is 14.4 Å². The molecule has 11 nitrogen and oxygen atoms in total. The minimum atomic E-state index is -2.00. The van der Waals surface area contributed by atoms with Gasteiger partial charge in [0.25, 0.3) is 0 Å². The zero-order valence-corrected chi connectivity index (χ0v) is 21.1. The molecule has 2 aromatic carbocycles. The van der Waals surface area contributed by atoms with E-state index in [0.29, 0.717) is 0 Å². The molecule has 2 aromatic rings. The zero-order chi connectivity index (χ0) is 27.7. The molecule has 0 unspecified atom stereocenters. The van der Waals surface area contributed by atoms with Gasteiger partial charge in [-0.15, -0.1) is 0 Å². The van der Waals surface area contributed by atoms with Crippen molar-refractivity contribution in [2.75, 3.05) is 7.11 Å². The lowest BCUT2D eigenvalue weighted by atomic mass is 9.72. The van der Waals surface area contributed by atoms with Crippen LogP contribution in [0.15, 0.2) is 18.2 Å². The number of ketones is 3. The minimum Gasteiger partial charge on any atom is -0.507 e. The first kappa shape index (κ1) is 26.3. The van der Waals surface area contributed by atoms with Gasteiger partial charge in [-0.25, -0.2) is 0 Å². The van der Waals surface area contributed by atoms with Crippen LogP contribution in [0, 0.1) is 0 Å². The Balaban J connectivity index is 1.68. The molecule has 1 saturated heterocycles. The lowest BCUT2D eigenvalue weighted by Gasteiger charge is -2.42. The van der Waals surface area contributed by atoms with E-state index in [0.717, 1.165) is 0 Å². The van der Waals surface area contributed by atoms with Crippen LogP contribution in [0.25, 0.3) is 0 Å². The van der Waals surface area contributed by atoms with Gasteiger partial charge in [-0.2, -0.15) is 0 Å². The molecule has 1 aliphatic heterocycles. The van der Waals surface area contributed by atoms with Gasteiger partial charge >= 0.3 is 0 Å². The summed E-state index contributed by atoms with van der Waals surface area (Å²) in [5.74, 6) is -3.18. The van der Waals surface area contributed by atoms with Gasteiger partial charge in [0.15, 0.2) is 17.9 Å². The van der Waals surface area contributed by atoms with Crippen LogP contribution >= 0.6 is 0 Å². The summed E-state index contributed by atoms with van der Waals surface area (Å²) in [4.78, 5) is 39.6. The number of aliphatic hydroxyl groups excluding tert-OH is 1. The molecule has 11 heteroatoms. The fourth-order valence-electron chi connectivity index (χ4n) is 5.66. The van der Waals surface area contributed by atoms with Gasteiger partial charge in [-0.1, -0.05) is 12.1 Å². The van der Waals surface area contributed by atoms with E-state index in [2.05, 4.69) is 0 Å². The van der Waals surface area contributed by atoms with E-state index in [9.17, 15) is 34.8 Å². The molecule has 2 aliphatic carbocycles. The van der Waals surface area contributed by atoms with Crippen molar-refractivity contribution < 1.29 is 49.0 Å². The highest BCUT2D eigenvalue weighted by Crippen LogP contribution is 2.52. The quantitative estimate of drug-likeness (QED) is 0.305. The van der Waals surface area contributed by atoms with E-state index in [-0.39, 0.29) is 40.8 Å². The summed E-state index contributed by atoms with van der Waals surface area (Å²) < 4.78 is 17.1. The van der Waals surface area contributed by atoms with E-state index in [4.69, 9.17) is 19.9 Å². The van der Waals surface area contributed by atoms with Gasteiger partial charge in [0.1, 0.15) is 22.8 Å². The molecule has 0 bridgehead atoms. The molecule has 3 aliphatic rings. The molecular weight excluding hydrogens is 498 g/mol. The number of Topliss-reactive ketones (excluding diaryl/α,β-unsaturated/α-hetero) is 1. The standard InChI is InChI=1S/C27H29NO10/c1-10-22(30)14(28)7-17(37-10)38-16-9-27(35,11(2)29)8-13-19(16)26(34)21-20(24(13)32)23(31)12-5-4-6-15(36-3)18(12)25(21)33/h4-6,10,14,16-17,22,30,32,34-35H,7-9,28H2,1-3H3/t10-,14+,16-,17-,22+,27+/m0/s1. The van der Waals surface area contributed by atoms with E-state index in [1.54, 1.807) is 6.92 Å². The van der Waals surface area contributed by atoms with Gasteiger partial charge in [0, 0.05) is 42.0 Å². The zero-order valence-electron chi connectivity index (χ0n) is 21.1. The second-order valence-electron chi connectivity index (χ2n) is 10.1. The molecule has 202 valence electrons. The highest BCUT2D eigenvalue weighted by atomic mass is 16.7. The maximum atomic E-state index is 13.6. The monoisotopic (exact) mass is 527 g/mol. The number of methoxy groups -OCH3 is 1. The smallest absolute Gasteiger partial charge is 0.202 e. The molecule has 6 N–H and O–H groups in total. The van der Waals surface area contributed by atoms with Crippen molar-refractivity contribution in [1.29, 1.82) is 0 Å². The third-order valence-corrected chi connectivity index (χ3v) is 7.80. The van der Waals surface area contributed by atoms with Crippen molar-refractivity contribution in [3.05, 3.63) is 51.6 Å². The second kappa shape index (κ2) is 9.14. The Morgan fingerprint density at radius 2 is 1.82 bits per heavy atom. The number of ether oxygens (including phenoxy) is 3. The molecular formula is C27H29NO10. The highest BCUT2D eigenvalue weighted by Gasteiger charge is 2.49. The van der Waals surface area contributed by atoms with Gasteiger partial charge < -0.3 is 40.4 Å². The number of phenols is 2. The first-order chi connectivity index (χ1) is 17.9. The summed E-state index contributed by atoms with van der Waals surface area (Å²) in [5.41, 5.74) is 2.97. The topological polar surface area (TPSA) is 186 Å². The second-order valence-corrected chi connectivity index (χ2v) is 10.1. The van der Waals surface area contributed by atoms with Gasteiger partial charge in [0.2, 0.25) is 5.78 Å². The predicted octanol–water partition coefficient (Wildman–Crippen LogP) is 1.03. The number of hydrogen-bond donors (Lipinski definition) is 5. The molecule has 5 rings (SSSR count). The van der Waals surface area contributed by atoms with Crippen LogP contribution < -0.4 is 10.5 Å². The molecule has 1 heterocycles. The Kier molecular flexibility index (Phi) is 6.32. The van der Waals surface area contributed by atoms with Crippen LogP contribution in [0.2, 0.25) is 0 Å². The molecule has 0 amide bonds. The average Bonchev–Trinajstić information content (AvgIpc) is 2.87. The van der Waals surface area contributed by atoms with Crippen molar-refractivity contribution in [2.45, 2.75) is 69.4 Å². The van der Waals surface area contributed by atoms with Crippen LogP contribution in [-0.4, -0.2) is 75.0 Å². The molecule has 0 aromatic heterocycles. The van der Waals surface area contributed by atoms with Crippen LogP contribution in [0.1, 0.15) is 75.8 Å². The SMILES string of the molecule is COc1cccc2c1C(=O)c1c(O)c3c(c(O)c1C2=O)C[C@](O)(C(C)=O)C[C@@H]3O[C@H]1C[C@@H](N)[C@H](O)[C@H](C)O1. The Bertz CT molecular complexity index is 1360. The van der Waals surface area contributed by atoms with E-state index < -0.39 is 82.6 Å². The Labute approximate surface area is 217 Å². The van der Waals surface area contributed by atoms with Gasteiger partial charge in [-0.05, 0) is 19.9 Å². The molecule has 38 heavy (non-hydrogen) atoms. The summed E-state index contributed by atoms with van der Waals surface area (Å²) in [6.45, 7) is 2.79. The molecule has 6 atom stereocenters. The number of aromatic hydroxyl groups is 2. The number of rotatable bonds is 4. The minimum absolute atomic E-state index is 0.0147. The fourth-order valence-corrected chi connectivity index (χ4v) is 5.66. The van der Waals surface area contributed by atoms with Gasteiger partial charge in [0.05, 0.1) is 42.1 Å². The number of carbonyl (C=O) groups is 3. The summed E-state index contributed by atoms with van der Waals surface area (Å²) in [5, 5.41) is 44.1. The maximum absolute atomic E-state index is 13.6. The van der Waals surface area contributed by atoms with Crippen molar-refractivity contribution >= 4 is 17.3 Å². The first-order valence-corrected chi connectivity index (χ1v) is 12.2. The van der Waals surface area contributed by atoms with Crippen LogP contribution in [-0.2, 0) is 20.7 Å². The summed E-state index contributed by atoms with van der Waals surface area (Å²) in [6.07, 6.45) is -4.53. The van der Waals surface area contributed by atoms with E-state index in [1.165, 1.54) is 32.2 Å². The number of phenolic OH excluding ortho intramolecular Hbond substituents is 2. The van der Waals surface area contributed by atoms with Crippen LogP contribution in [0.3, 0.4) is 0 Å². The highest BCUT2D eigenvalue weighted by molar-refractivity contribution is 6.31. The third-order valence-electron chi connectivity index (χ3n) is 7.80. The Morgan fingerprint density at radius 1 is 1.13 bits per heavy atom. The molecule has 0 spiro atoms. The predicted molar refractivity (Wildman–Crippen MR) is 130 cm³/mol. The van der Waals surface area contributed by atoms with Crippen LogP contribution in [0.5, 0.6) is 17.2 Å². The number of hydrogen-bond acceptors (Lipinski definition) is 11. The van der Waals surface area contributed by atoms with Crippen LogP contribution in [0.4, 0.5) is 0 Å². The average molecular weight is 528 g/mol. The first-order valence-electron chi connectivity index (χ1n) is 12.2. The summed E-state index contributed by atoms with van der Waals surface area (Å²) >= 11 is 0. The number of carbonyl (C=O) groups excluding carboxylic acids is 3. The van der Waals surface area contributed by atoms with Crippen molar-refractivity contribution in [2.24, 2.45) is 5.73 Å². The maximum Gasteiger partial charge on any atom is 0.202 e. The van der Waals surface area contributed by atoms with E-state index in [1.807, 2.05) is 0 Å². The number of aliphatic hydroxyl groups is 2. The molecule has 0 radical (unpaired) electrons. The largest absolute Gasteiger partial charge is 0.507 e. The lowest BCUT2D eigenvalue weighted by Crippen LogP contribution is -2.52. The molecule has 1 fully saturated rings. The van der Waals surface area contributed by atoms with E-state index >= 15 is 0 Å². The summed E-state index contributed by atoms with van der Waals surface area (Å²) in [6, 6.07) is 3.75. The molecule has 0 saturated carbocycles. The number of fused-ring (bicyclic) bond motifs is 3. The van der Waals surface area contributed by atoms with Crippen molar-refractivity contribution in [1.82, 2.24) is 0 Å². The Hall–Kier alpha value is -3.35. The normalized spacial score (nSPS) is 30.3. The van der Waals surface area contributed by atoms with Crippen molar-refractivity contribution in [3.8, 4) is 17.2 Å². The number of nitrogens with two attached hydrogens (primary N) is 1. The fraction of sp³-hybridized carbons (Fsp3) is 0.444.